The largest absolute Gasteiger partial charge is 0.486 e. The molecule has 0 aliphatic heterocycles. The molecule has 0 radical (unpaired) electrons. The van der Waals surface area contributed by atoms with E-state index in [-0.39, 0.29) is 12.3 Å². The van der Waals surface area contributed by atoms with E-state index in [1.807, 2.05) is 28.3 Å². The SMILES string of the molecule is CC(C1CC1)n1nccc1NC(=O)Cc1csc(COc2ccc(Cl)cc2)n1. The van der Waals surface area contributed by atoms with Gasteiger partial charge in [-0.2, -0.15) is 5.10 Å². The molecule has 28 heavy (non-hydrogen) atoms. The molecule has 0 spiro atoms. The Labute approximate surface area is 172 Å². The molecular weight excluding hydrogens is 396 g/mol. The van der Waals surface area contributed by atoms with E-state index in [4.69, 9.17) is 16.3 Å². The van der Waals surface area contributed by atoms with Gasteiger partial charge < -0.3 is 10.1 Å². The van der Waals surface area contributed by atoms with E-state index in [9.17, 15) is 4.79 Å². The molecule has 1 N–H and O–H groups in total. The van der Waals surface area contributed by atoms with Gasteiger partial charge in [-0.25, -0.2) is 9.67 Å². The molecule has 1 aliphatic rings. The lowest BCUT2D eigenvalue weighted by Crippen LogP contribution is -2.20. The van der Waals surface area contributed by atoms with Gasteiger partial charge in [0, 0.05) is 16.5 Å². The number of ether oxygens (including phenoxy) is 1. The Kier molecular flexibility index (Phi) is 5.64. The molecule has 8 heteroatoms. The number of rotatable bonds is 8. The summed E-state index contributed by atoms with van der Waals surface area (Å²) in [6, 6.07) is 9.34. The number of thiazole rings is 1. The standard InChI is InChI=1S/C20H21ClN4O2S/c1-13(14-2-3-14)25-18(8-9-22-25)24-19(26)10-16-12-28-20(23-16)11-27-17-6-4-15(21)5-7-17/h4-9,12-14H,2-3,10-11H2,1H3,(H,24,26). The van der Waals surface area contributed by atoms with E-state index in [0.29, 0.717) is 23.6 Å². The maximum absolute atomic E-state index is 12.4. The van der Waals surface area contributed by atoms with Crippen molar-refractivity contribution in [1.29, 1.82) is 0 Å². The quantitative estimate of drug-likeness (QED) is 0.576. The Morgan fingerprint density at radius 1 is 1.36 bits per heavy atom. The second-order valence-corrected chi connectivity index (χ2v) is 8.32. The molecule has 146 valence electrons. The minimum Gasteiger partial charge on any atom is -0.486 e. The minimum absolute atomic E-state index is 0.0970. The molecule has 3 aromatic rings. The summed E-state index contributed by atoms with van der Waals surface area (Å²) in [6.07, 6.45) is 4.41. The molecule has 1 atom stereocenters. The molecule has 0 saturated heterocycles. The fraction of sp³-hybridized carbons (Fsp3) is 0.350. The van der Waals surface area contributed by atoms with Crippen LogP contribution in [0, 0.1) is 5.92 Å². The van der Waals surface area contributed by atoms with Crippen LogP contribution >= 0.6 is 22.9 Å². The highest BCUT2D eigenvalue weighted by Gasteiger charge is 2.30. The predicted octanol–water partition coefficient (Wildman–Crippen LogP) is 4.72. The Balaban J connectivity index is 1.30. The molecule has 1 unspecified atom stereocenters. The fourth-order valence-electron chi connectivity index (χ4n) is 3.04. The number of aromatic nitrogens is 3. The van der Waals surface area contributed by atoms with Gasteiger partial charge in [-0.15, -0.1) is 11.3 Å². The number of carbonyl (C=O) groups excluding carboxylic acids is 1. The number of nitrogens with zero attached hydrogens (tertiary/aromatic N) is 3. The lowest BCUT2D eigenvalue weighted by atomic mass is 10.2. The van der Waals surface area contributed by atoms with Gasteiger partial charge in [0.25, 0.3) is 0 Å². The van der Waals surface area contributed by atoms with Crippen LogP contribution in [0.4, 0.5) is 5.82 Å². The van der Waals surface area contributed by atoms with Crippen molar-refractivity contribution in [2.75, 3.05) is 5.32 Å². The van der Waals surface area contributed by atoms with Crippen molar-refractivity contribution in [3.05, 3.63) is 57.6 Å². The van der Waals surface area contributed by atoms with Crippen molar-refractivity contribution >= 4 is 34.7 Å². The highest BCUT2D eigenvalue weighted by molar-refractivity contribution is 7.09. The molecule has 1 amide bonds. The second kappa shape index (κ2) is 8.32. The smallest absolute Gasteiger partial charge is 0.231 e. The van der Waals surface area contributed by atoms with E-state index < -0.39 is 0 Å². The Morgan fingerprint density at radius 3 is 2.89 bits per heavy atom. The number of hydrogen-bond donors (Lipinski definition) is 1. The van der Waals surface area contributed by atoms with Crippen molar-refractivity contribution in [3.8, 4) is 5.75 Å². The molecule has 2 heterocycles. The van der Waals surface area contributed by atoms with Crippen molar-refractivity contribution < 1.29 is 9.53 Å². The van der Waals surface area contributed by atoms with Gasteiger partial charge in [0.05, 0.1) is 24.4 Å². The second-order valence-electron chi connectivity index (χ2n) is 6.94. The maximum Gasteiger partial charge on any atom is 0.231 e. The summed E-state index contributed by atoms with van der Waals surface area (Å²) in [6.45, 7) is 2.51. The van der Waals surface area contributed by atoms with Gasteiger partial charge in [-0.3, -0.25) is 4.79 Å². The van der Waals surface area contributed by atoms with Crippen LogP contribution in [0.3, 0.4) is 0 Å². The molecule has 1 aromatic carbocycles. The zero-order valence-corrected chi connectivity index (χ0v) is 17.0. The zero-order chi connectivity index (χ0) is 19.5. The van der Waals surface area contributed by atoms with Crippen LogP contribution in [0.1, 0.15) is 36.5 Å². The summed E-state index contributed by atoms with van der Waals surface area (Å²) in [7, 11) is 0. The highest BCUT2D eigenvalue weighted by Crippen LogP contribution is 2.40. The molecule has 0 bridgehead atoms. The summed E-state index contributed by atoms with van der Waals surface area (Å²) < 4.78 is 7.60. The van der Waals surface area contributed by atoms with Gasteiger partial charge in [-0.05, 0) is 49.9 Å². The predicted molar refractivity (Wildman–Crippen MR) is 110 cm³/mol. The third kappa shape index (κ3) is 4.72. The van der Waals surface area contributed by atoms with Crippen LogP contribution in [0.5, 0.6) is 5.75 Å². The van der Waals surface area contributed by atoms with E-state index >= 15 is 0 Å². The van der Waals surface area contributed by atoms with Gasteiger partial charge in [0.15, 0.2) is 0 Å². The normalized spacial score (nSPS) is 14.6. The fourth-order valence-corrected chi connectivity index (χ4v) is 3.87. The van der Waals surface area contributed by atoms with Gasteiger partial charge in [-0.1, -0.05) is 11.6 Å². The monoisotopic (exact) mass is 416 g/mol. The highest BCUT2D eigenvalue weighted by atomic mass is 35.5. The Bertz CT molecular complexity index is 949. The Hall–Kier alpha value is -2.38. The summed E-state index contributed by atoms with van der Waals surface area (Å²) in [5.41, 5.74) is 0.735. The number of anilines is 1. The first-order valence-electron chi connectivity index (χ1n) is 9.23. The lowest BCUT2D eigenvalue weighted by Gasteiger charge is -2.15. The maximum atomic E-state index is 12.4. The first-order valence-corrected chi connectivity index (χ1v) is 10.5. The van der Waals surface area contributed by atoms with Crippen LogP contribution in [-0.4, -0.2) is 20.7 Å². The summed E-state index contributed by atoms with van der Waals surface area (Å²) in [5, 5.41) is 10.7. The topological polar surface area (TPSA) is 69.0 Å². The lowest BCUT2D eigenvalue weighted by molar-refractivity contribution is -0.115. The molecule has 6 nitrogen and oxygen atoms in total. The summed E-state index contributed by atoms with van der Waals surface area (Å²) >= 11 is 7.35. The molecule has 2 aromatic heterocycles. The minimum atomic E-state index is -0.0970. The van der Waals surface area contributed by atoms with E-state index in [1.165, 1.54) is 24.2 Å². The first kappa shape index (κ1) is 19.0. The zero-order valence-electron chi connectivity index (χ0n) is 15.5. The van der Waals surface area contributed by atoms with Crippen LogP contribution < -0.4 is 10.1 Å². The van der Waals surface area contributed by atoms with Gasteiger partial charge >= 0.3 is 0 Å². The van der Waals surface area contributed by atoms with E-state index in [1.54, 1.807) is 18.3 Å². The number of nitrogens with one attached hydrogen (secondary N) is 1. The summed E-state index contributed by atoms with van der Waals surface area (Å²) in [4.78, 5) is 16.9. The molecular formula is C20H21ClN4O2S. The Morgan fingerprint density at radius 2 is 2.14 bits per heavy atom. The molecule has 4 rings (SSSR count). The first-order chi connectivity index (χ1) is 13.6. The van der Waals surface area contributed by atoms with Crippen molar-refractivity contribution in [2.24, 2.45) is 5.92 Å². The average molecular weight is 417 g/mol. The van der Waals surface area contributed by atoms with Crippen molar-refractivity contribution in [2.45, 2.75) is 38.8 Å². The summed E-state index contributed by atoms with van der Waals surface area (Å²) in [5.74, 6) is 2.04. The van der Waals surface area contributed by atoms with E-state index in [0.717, 1.165) is 22.3 Å². The van der Waals surface area contributed by atoms with Gasteiger partial charge in [0.1, 0.15) is 23.2 Å². The molecule has 1 aliphatic carbocycles. The van der Waals surface area contributed by atoms with Crippen molar-refractivity contribution in [3.63, 3.8) is 0 Å². The van der Waals surface area contributed by atoms with Crippen LogP contribution in [0.2, 0.25) is 5.02 Å². The van der Waals surface area contributed by atoms with Crippen LogP contribution in [0.15, 0.2) is 41.9 Å². The number of halogens is 1. The van der Waals surface area contributed by atoms with E-state index in [2.05, 4.69) is 22.3 Å². The van der Waals surface area contributed by atoms with Crippen LogP contribution in [-0.2, 0) is 17.8 Å². The van der Waals surface area contributed by atoms with Crippen LogP contribution in [0.25, 0.3) is 0 Å². The third-order valence-corrected chi connectivity index (χ3v) is 5.87. The van der Waals surface area contributed by atoms with Gasteiger partial charge in [0.2, 0.25) is 5.91 Å². The molecule has 1 saturated carbocycles. The number of carbonyl (C=O) groups is 1. The average Bonchev–Trinajstić information content (AvgIpc) is 3.28. The number of amides is 1. The molecule has 1 fully saturated rings. The number of benzene rings is 1. The number of hydrogen-bond acceptors (Lipinski definition) is 5. The third-order valence-electron chi connectivity index (χ3n) is 4.74. The van der Waals surface area contributed by atoms with Crippen molar-refractivity contribution in [1.82, 2.24) is 14.8 Å².